The number of hydrogen-bond acceptors (Lipinski definition) is 3. The largest absolute Gasteiger partial charge is 0.470 e. The van der Waals surface area contributed by atoms with Crippen LogP contribution in [0.1, 0.15) is 0 Å². The molecule has 0 saturated carbocycles. The van der Waals surface area contributed by atoms with E-state index in [0.717, 1.165) is 0 Å². The maximum atomic E-state index is 10.1. The lowest BCUT2D eigenvalue weighted by molar-refractivity contribution is -0.125. The van der Waals surface area contributed by atoms with Gasteiger partial charge in [-0.15, -0.1) is 0 Å². The minimum Gasteiger partial charge on any atom is -0.303 e. The first-order valence-corrected chi connectivity index (χ1v) is 3.78. The Labute approximate surface area is 56.7 Å². The summed E-state index contributed by atoms with van der Waals surface area (Å²) in [7, 11) is -4.59. The summed E-state index contributed by atoms with van der Waals surface area (Å²) in [4.78, 5) is 26.1. The summed E-state index contributed by atoms with van der Waals surface area (Å²) < 4.78 is 13.6. The molecule has 0 atom stereocenters. The maximum Gasteiger partial charge on any atom is 0.470 e. The van der Waals surface area contributed by atoms with Gasteiger partial charge in [0.25, 0.3) is 0 Å². The predicted molar refractivity (Wildman–Crippen MR) is 28.6 cm³/mol. The van der Waals surface area contributed by atoms with Crippen molar-refractivity contribution in [3.63, 3.8) is 0 Å². The molecule has 0 aromatic heterocycles. The molecule has 0 unspecified atom stereocenters. The number of Topliss-reactive ketones (excluding diaryl/α,β-unsaturated/α-hetero) is 1. The van der Waals surface area contributed by atoms with Crippen molar-refractivity contribution in [3.05, 3.63) is 0 Å². The fraction of sp³-hybridized carbons (Fsp3) is 0.667. The van der Waals surface area contributed by atoms with Crippen LogP contribution < -0.4 is 0 Å². The molecule has 0 rings (SSSR count). The lowest BCUT2D eigenvalue weighted by Crippen LogP contribution is -2.10. The van der Waals surface area contributed by atoms with Crippen molar-refractivity contribution >= 4 is 13.6 Å². The molecule has 1 radical (unpaired) electrons. The van der Waals surface area contributed by atoms with Crippen LogP contribution in [0.4, 0.5) is 0 Å². The van der Waals surface area contributed by atoms with E-state index in [1.807, 2.05) is 0 Å². The molecule has 59 valence electrons. The van der Waals surface area contributed by atoms with Crippen LogP contribution in [0, 0.1) is 0 Å². The van der Waals surface area contributed by atoms with Crippen LogP contribution in [0.25, 0.3) is 0 Å². The Kier molecular flexibility index (Phi) is 3.70. The third-order valence-electron chi connectivity index (χ3n) is 0.555. The van der Waals surface area contributed by atoms with E-state index in [1.54, 1.807) is 0 Å². The molecule has 0 aliphatic rings. The first-order valence-electron chi connectivity index (χ1n) is 2.25. The number of phosphoric acid groups is 1. The van der Waals surface area contributed by atoms with Gasteiger partial charge in [-0.1, -0.05) is 0 Å². The smallest absolute Gasteiger partial charge is 0.303 e. The van der Waals surface area contributed by atoms with Crippen LogP contribution in [0.5, 0.6) is 0 Å². The van der Waals surface area contributed by atoms with Crippen molar-refractivity contribution in [2.24, 2.45) is 0 Å². The lowest BCUT2D eigenvalue weighted by atomic mass is 10.5. The molecular weight excluding hydrogens is 163 g/mol. The molecule has 0 amide bonds. The van der Waals surface area contributed by atoms with Crippen LogP contribution in [-0.4, -0.2) is 28.8 Å². The van der Waals surface area contributed by atoms with E-state index in [-0.39, 0.29) is 0 Å². The highest BCUT2D eigenvalue weighted by Gasteiger charge is 2.15. The second-order valence-corrected chi connectivity index (χ2v) is 2.69. The first-order chi connectivity index (χ1) is 4.45. The molecule has 2 N–H and O–H groups in total. The zero-order chi connectivity index (χ0) is 8.20. The summed E-state index contributed by atoms with van der Waals surface area (Å²) in [5, 5.41) is 9.66. The van der Waals surface area contributed by atoms with Crippen molar-refractivity contribution in [2.45, 2.75) is 0 Å². The van der Waals surface area contributed by atoms with Gasteiger partial charge in [0.1, 0.15) is 13.2 Å². The number of ketones is 1. The van der Waals surface area contributed by atoms with Gasteiger partial charge in [0.2, 0.25) is 0 Å². The number of hydrogen-bond donors (Lipinski definition) is 2. The lowest BCUT2D eigenvalue weighted by Gasteiger charge is -2.00. The molecule has 0 aromatic carbocycles. The van der Waals surface area contributed by atoms with E-state index in [2.05, 4.69) is 4.52 Å². The van der Waals surface area contributed by atoms with Gasteiger partial charge in [-0.2, -0.15) is 0 Å². The number of carbonyl (C=O) groups is 1. The van der Waals surface area contributed by atoms with E-state index in [9.17, 15) is 14.5 Å². The zero-order valence-electron chi connectivity index (χ0n) is 4.89. The highest BCUT2D eigenvalue weighted by atomic mass is 31.2. The predicted octanol–water partition coefficient (Wildman–Crippen LogP) is -0.905. The van der Waals surface area contributed by atoms with E-state index < -0.39 is 26.8 Å². The van der Waals surface area contributed by atoms with Gasteiger partial charge in [-0.3, -0.25) is 9.32 Å². The van der Waals surface area contributed by atoms with Crippen molar-refractivity contribution in [2.75, 3.05) is 13.2 Å². The topological polar surface area (TPSA) is 104 Å². The molecule has 0 bridgehead atoms. The molecule has 7 heteroatoms. The van der Waals surface area contributed by atoms with Gasteiger partial charge in [0.15, 0.2) is 5.78 Å². The Morgan fingerprint density at radius 3 is 2.30 bits per heavy atom. The van der Waals surface area contributed by atoms with Crippen LogP contribution in [0.2, 0.25) is 0 Å². The molecule has 0 aliphatic carbocycles. The monoisotopic (exact) mass is 169 g/mol. The quantitative estimate of drug-likeness (QED) is 0.530. The Morgan fingerprint density at radius 1 is 1.50 bits per heavy atom. The van der Waals surface area contributed by atoms with E-state index in [0.29, 0.717) is 0 Å². The van der Waals surface area contributed by atoms with E-state index >= 15 is 0 Å². The third-order valence-corrected chi connectivity index (χ3v) is 1.02. The standard InChI is InChI=1S/C3H6O6P/c4-1-3(5)2-9-10(6,7)8/h1-2H2,(H2,6,7,8). The molecule has 0 aliphatic heterocycles. The van der Waals surface area contributed by atoms with Gasteiger partial charge in [-0.25, -0.2) is 9.67 Å². The second-order valence-electron chi connectivity index (χ2n) is 1.45. The van der Waals surface area contributed by atoms with E-state index in [4.69, 9.17) is 9.79 Å². The van der Waals surface area contributed by atoms with E-state index in [1.165, 1.54) is 0 Å². The molecule has 0 aromatic rings. The molecule has 6 nitrogen and oxygen atoms in total. The molecule has 10 heavy (non-hydrogen) atoms. The Bertz CT molecular complexity index is 158. The summed E-state index contributed by atoms with van der Waals surface area (Å²) in [6.07, 6.45) is 0. The second kappa shape index (κ2) is 3.80. The average molecular weight is 169 g/mol. The van der Waals surface area contributed by atoms with Gasteiger partial charge in [0, 0.05) is 0 Å². The van der Waals surface area contributed by atoms with Crippen molar-refractivity contribution in [1.82, 2.24) is 0 Å². The Hall–Kier alpha value is -0.260. The molecule has 0 spiro atoms. The summed E-state index contributed by atoms with van der Waals surface area (Å²) in [5.41, 5.74) is 0. The minimum absolute atomic E-state index is 0.826. The fourth-order valence-electron chi connectivity index (χ4n) is 0.198. The zero-order valence-corrected chi connectivity index (χ0v) is 5.78. The van der Waals surface area contributed by atoms with Crippen LogP contribution in [0.15, 0.2) is 0 Å². The number of carbonyl (C=O) groups excluding carboxylic acids is 1. The molecule has 0 saturated heterocycles. The Morgan fingerprint density at radius 2 is 2.00 bits per heavy atom. The fourth-order valence-corrected chi connectivity index (χ4v) is 0.510. The normalized spacial score (nSPS) is 11.5. The van der Waals surface area contributed by atoms with Crippen molar-refractivity contribution < 1.29 is 28.8 Å². The number of rotatable bonds is 4. The van der Waals surface area contributed by atoms with Gasteiger partial charge < -0.3 is 9.79 Å². The molecule has 0 fully saturated rings. The van der Waals surface area contributed by atoms with Crippen LogP contribution in [0.3, 0.4) is 0 Å². The highest BCUT2D eigenvalue weighted by Crippen LogP contribution is 2.35. The maximum absolute atomic E-state index is 10.1. The SMILES string of the molecule is [O]CC(=O)COP(=O)(O)O. The summed E-state index contributed by atoms with van der Waals surface area (Å²) in [5.74, 6) is -0.886. The first kappa shape index (κ1) is 9.74. The summed E-state index contributed by atoms with van der Waals surface area (Å²) >= 11 is 0. The van der Waals surface area contributed by atoms with Crippen molar-refractivity contribution in [1.29, 1.82) is 0 Å². The van der Waals surface area contributed by atoms with Gasteiger partial charge in [-0.05, 0) is 0 Å². The third kappa shape index (κ3) is 5.87. The molecule has 0 heterocycles. The van der Waals surface area contributed by atoms with Crippen LogP contribution >= 0.6 is 7.82 Å². The summed E-state index contributed by atoms with van der Waals surface area (Å²) in [6.45, 7) is -1.85. The molecular formula is C3H6O6P. The minimum atomic E-state index is -4.59. The summed E-state index contributed by atoms with van der Waals surface area (Å²) in [6, 6.07) is 0. The van der Waals surface area contributed by atoms with Crippen molar-refractivity contribution in [3.8, 4) is 0 Å². The van der Waals surface area contributed by atoms with Gasteiger partial charge >= 0.3 is 7.82 Å². The number of phosphoric ester groups is 1. The van der Waals surface area contributed by atoms with Gasteiger partial charge in [0.05, 0.1) is 0 Å². The highest BCUT2D eigenvalue weighted by molar-refractivity contribution is 7.46. The average Bonchev–Trinajstić information content (AvgIpc) is 1.81. The van der Waals surface area contributed by atoms with Crippen LogP contribution in [-0.2, 0) is 19.0 Å². The Balaban J connectivity index is 3.56.